The molecule has 2 amide bonds. The van der Waals surface area contributed by atoms with Crippen LogP contribution in [0.4, 0.5) is 0 Å². The molecule has 0 aromatic heterocycles. The highest BCUT2D eigenvalue weighted by Crippen LogP contribution is 2.34. The van der Waals surface area contributed by atoms with Crippen LogP contribution in [0.2, 0.25) is 0 Å². The number of nitrogens with one attached hydrogen (secondary N) is 1. The quantitative estimate of drug-likeness (QED) is 0.302. The fraction of sp³-hybridized carbons (Fsp3) is 0.864. The van der Waals surface area contributed by atoms with Crippen LogP contribution in [0.3, 0.4) is 0 Å². The number of hydrogen-bond acceptors (Lipinski definition) is 4. The van der Waals surface area contributed by atoms with Gasteiger partial charge in [-0.25, -0.2) is 0 Å². The molecule has 7 nitrogen and oxygen atoms in total. The Kier molecular flexibility index (Phi) is 17.5. The first-order valence-electron chi connectivity index (χ1n) is 9.02. The molecule has 6 atom stereocenters. The number of rotatable bonds is 9. The van der Waals surface area contributed by atoms with Crippen LogP contribution >= 0.6 is 0 Å². The highest BCUT2D eigenvalue weighted by atomic mass is 16.3. The summed E-state index contributed by atoms with van der Waals surface area (Å²) in [6, 6.07) is 0. The first-order chi connectivity index (χ1) is 11.5. The first-order valence-corrected chi connectivity index (χ1v) is 9.02. The van der Waals surface area contributed by atoms with E-state index in [0.717, 1.165) is 24.0 Å². The van der Waals surface area contributed by atoms with Gasteiger partial charge in [-0.05, 0) is 18.8 Å². The maximum atomic E-state index is 12.4. The zero-order valence-electron chi connectivity index (χ0n) is 16.1. The molecule has 1 rings (SSSR count). The Hall–Kier alpha value is -1.47. The van der Waals surface area contributed by atoms with Crippen LogP contribution in [0.15, 0.2) is 0 Å². The molecule has 1 aliphatic rings. The lowest BCUT2D eigenvalue weighted by molar-refractivity contribution is -0.880. The van der Waals surface area contributed by atoms with Crippen molar-refractivity contribution in [1.82, 2.24) is 5.32 Å². The van der Waals surface area contributed by atoms with Crippen LogP contribution in [-0.4, -0.2) is 61.1 Å². The number of amides is 2. The van der Waals surface area contributed by atoms with Gasteiger partial charge in [0.15, 0.2) is 12.5 Å². The van der Waals surface area contributed by atoms with Gasteiger partial charge in [-0.3, -0.25) is 14.4 Å². The van der Waals surface area contributed by atoms with Crippen LogP contribution in [0, 0.1) is 29.6 Å². The van der Waals surface area contributed by atoms with Crippen molar-refractivity contribution < 1.29 is 24.0 Å². The second-order valence-electron chi connectivity index (χ2n) is 8.50. The number of quaternary nitrogens is 1. The molecule has 0 bridgehead atoms. The number of carbonyl (C=O) groups is 3. The van der Waals surface area contributed by atoms with E-state index in [1.807, 2.05) is 0 Å². The molecule has 0 aromatic rings. The van der Waals surface area contributed by atoms with Gasteiger partial charge >= 0.3 is 0 Å². The molecule has 176 valence electrons. The molecule has 7 heteroatoms. The molecule has 6 unspecified atom stereocenters. The lowest BCUT2D eigenvalue weighted by Crippen LogP contribution is -2.44. The minimum atomic E-state index is -1.56. The summed E-state index contributed by atoms with van der Waals surface area (Å²) in [5.74, 6) is -0.936. The van der Waals surface area contributed by atoms with Crippen molar-refractivity contribution in [1.29, 1.82) is 0 Å². The number of hydrogen-bond donors (Lipinski definition) is 3. The number of primary amides is 1. The molecular weight excluding hydrogens is 370 g/mol. The Morgan fingerprint density at radius 1 is 1.17 bits per heavy atom. The van der Waals surface area contributed by atoms with E-state index in [1.54, 1.807) is 6.92 Å². The second kappa shape index (κ2) is 14.5. The summed E-state index contributed by atoms with van der Waals surface area (Å²) in [6.07, 6.45) is 0.165. The number of aldehydes is 1. The number of likely N-dealkylation sites (tertiary alicyclic amines) is 1. The lowest BCUT2D eigenvalue weighted by Gasteiger charge is -2.27. The van der Waals surface area contributed by atoms with Gasteiger partial charge in [-0.15, -0.1) is 0 Å². The van der Waals surface area contributed by atoms with Gasteiger partial charge in [-0.2, -0.15) is 0 Å². The van der Waals surface area contributed by atoms with Crippen LogP contribution in [0.25, 0.3) is 0 Å². The topological polar surface area (TPSA) is 109 Å². The smallest absolute Gasteiger partial charge is 0.226 e. The van der Waals surface area contributed by atoms with Crippen molar-refractivity contribution in [2.24, 2.45) is 35.3 Å². The summed E-state index contributed by atoms with van der Waals surface area (Å²) < 4.78 is 1.01. The normalized spacial score (nSPS) is 23.4. The largest absolute Gasteiger partial charge is 0.369 e. The Labute approximate surface area is 180 Å². The molecule has 1 fully saturated rings. The summed E-state index contributed by atoms with van der Waals surface area (Å²) in [7, 11) is 4.46. The van der Waals surface area contributed by atoms with E-state index in [4.69, 9.17) is 5.73 Å². The van der Waals surface area contributed by atoms with Crippen LogP contribution < -0.4 is 11.1 Å². The second-order valence-corrected chi connectivity index (χ2v) is 8.50. The van der Waals surface area contributed by atoms with Gasteiger partial charge in [0.1, 0.15) is 0 Å². The summed E-state index contributed by atoms with van der Waals surface area (Å²) >= 11 is 0. The zero-order chi connectivity index (χ0) is 19.4. The Bertz CT molecular complexity index is 496. The van der Waals surface area contributed by atoms with Crippen LogP contribution in [0.1, 0.15) is 63.3 Å². The van der Waals surface area contributed by atoms with Crippen molar-refractivity contribution in [3.8, 4) is 0 Å². The Morgan fingerprint density at radius 3 is 2.07 bits per heavy atom. The highest BCUT2D eigenvalue weighted by molar-refractivity contribution is 5.87. The van der Waals surface area contributed by atoms with E-state index >= 15 is 0 Å². The number of nitrogens with two attached hydrogens (primary N) is 1. The standard InChI is InChI=1S/C18H33N3O4.4CH4/c1-11(6-14-9-21(4,5)8-12(14)2)7-15(13(3)17(19)24)18(25)20-16(23)10-22;;;;/h10-16,23H,6-9H2,1-5H3,(H2-,19,20,24,25);4*1H4/p+1. The highest BCUT2D eigenvalue weighted by Gasteiger charge is 2.39. The molecule has 0 spiro atoms. The fourth-order valence-corrected chi connectivity index (χ4v) is 4.19. The van der Waals surface area contributed by atoms with Crippen molar-refractivity contribution in [3.63, 3.8) is 0 Å². The van der Waals surface area contributed by atoms with E-state index in [0.29, 0.717) is 18.3 Å². The number of aliphatic hydroxyl groups is 1. The molecular formula is C22H50N3O4+. The van der Waals surface area contributed by atoms with Crippen LogP contribution in [-0.2, 0) is 14.4 Å². The van der Waals surface area contributed by atoms with E-state index in [2.05, 4.69) is 33.3 Å². The molecule has 4 N–H and O–H groups in total. The number of carbonyl (C=O) groups excluding carboxylic acids is 3. The monoisotopic (exact) mass is 420 g/mol. The molecule has 0 aliphatic carbocycles. The molecule has 29 heavy (non-hydrogen) atoms. The zero-order valence-corrected chi connectivity index (χ0v) is 16.1. The molecule has 1 saturated heterocycles. The average Bonchev–Trinajstić information content (AvgIpc) is 2.75. The third-order valence-electron chi connectivity index (χ3n) is 5.49. The minimum Gasteiger partial charge on any atom is -0.369 e. The molecule has 0 aromatic carbocycles. The van der Waals surface area contributed by atoms with E-state index in [-0.39, 0.29) is 41.9 Å². The molecule has 1 heterocycles. The number of aliphatic hydroxyl groups excluding tert-OH is 1. The molecule has 1 aliphatic heterocycles. The van der Waals surface area contributed by atoms with Gasteiger partial charge in [0.25, 0.3) is 0 Å². The first kappa shape index (κ1) is 35.0. The van der Waals surface area contributed by atoms with Crippen molar-refractivity contribution in [3.05, 3.63) is 0 Å². The minimum absolute atomic E-state index is 0. The van der Waals surface area contributed by atoms with E-state index in [9.17, 15) is 19.5 Å². The predicted octanol–water partition coefficient (Wildman–Crippen LogP) is 2.66. The van der Waals surface area contributed by atoms with Gasteiger partial charge in [-0.1, -0.05) is 50.5 Å². The summed E-state index contributed by atoms with van der Waals surface area (Å²) in [4.78, 5) is 34.5. The predicted molar refractivity (Wildman–Crippen MR) is 122 cm³/mol. The third-order valence-corrected chi connectivity index (χ3v) is 5.49. The van der Waals surface area contributed by atoms with Crippen molar-refractivity contribution >= 4 is 18.1 Å². The average molecular weight is 421 g/mol. The fourth-order valence-electron chi connectivity index (χ4n) is 4.19. The SMILES string of the molecule is C.C.C.C.CC(CC1C[N+](C)(C)CC1C)CC(C(=O)NC(O)C=O)C(C)C(N)=O. The maximum Gasteiger partial charge on any atom is 0.226 e. The Morgan fingerprint density at radius 2 is 1.69 bits per heavy atom. The van der Waals surface area contributed by atoms with Gasteiger partial charge in [0.2, 0.25) is 11.8 Å². The lowest BCUT2D eigenvalue weighted by atomic mass is 9.80. The Balaban J connectivity index is -0.000000781. The maximum absolute atomic E-state index is 12.4. The van der Waals surface area contributed by atoms with Crippen LogP contribution in [0.5, 0.6) is 0 Å². The summed E-state index contributed by atoms with van der Waals surface area (Å²) in [5, 5.41) is 11.6. The van der Waals surface area contributed by atoms with Gasteiger partial charge in [0, 0.05) is 23.7 Å². The number of nitrogens with zero attached hydrogens (tertiary/aromatic N) is 1. The van der Waals surface area contributed by atoms with Crippen molar-refractivity contribution in [2.75, 3.05) is 27.2 Å². The summed E-state index contributed by atoms with van der Waals surface area (Å²) in [5.41, 5.74) is 5.38. The van der Waals surface area contributed by atoms with Gasteiger partial charge < -0.3 is 20.6 Å². The van der Waals surface area contributed by atoms with E-state index < -0.39 is 29.9 Å². The van der Waals surface area contributed by atoms with E-state index in [1.165, 1.54) is 0 Å². The summed E-state index contributed by atoms with van der Waals surface area (Å²) in [6.45, 7) is 8.21. The van der Waals surface area contributed by atoms with Gasteiger partial charge in [0.05, 0.1) is 27.2 Å². The molecule has 0 saturated carbocycles. The third kappa shape index (κ3) is 10.8. The van der Waals surface area contributed by atoms with Crippen molar-refractivity contribution in [2.45, 2.75) is 69.5 Å². The molecule has 0 radical (unpaired) electrons.